The highest BCUT2D eigenvalue weighted by Crippen LogP contribution is 2.20. The molecule has 1 aromatic carbocycles. The molecular formula is C13H12ClN5O. The lowest BCUT2D eigenvalue weighted by Gasteiger charge is -2.05. The van der Waals surface area contributed by atoms with Crippen LogP contribution >= 0.6 is 11.6 Å². The van der Waals surface area contributed by atoms with E-state index in [1.54, 1.807) is 23.0 Å². The molecule has 0 aliphatic carbocycles. The topological polar surface area (TPSA) is 96.7 Å². The average molecular weight is 290 g/mol. The van der Waals surface area contributed by atoms with E-state index in [4.69, 9.17) is 22.6 Å². The van der Waals surface area contributed by atoms with Gasteiger partial charge in [0.15, 0.2) is 5.69 Å². The summed E-state index contributed by atoms with van der Waals surface area (Å²) in [5, 5.41) is 15.9. The summed E-state index contributed by atoms with van der Waals surface area (Å²) >= 11 is 5.83. The molecule has 0 atom stereocenters. The van der Waals surface area contributed by atoms with E-state index in [0.29, 0.717) is 22.9 Å². The summed E-state index contributed by atoms with van der Waals surface area (Å²) in [5.74, 6) is -0.430. The van der Waals surface area contributed by atoms with Crippen LogP contribution in [0.5, 0.6) is 0 Å². The van der Waals surface area contributed by atoms with E-state index in [-0.39, 0.29) is 11.3 Å². The van der Waals surface area contributed by atoms with Gasteiger partial charge in [0.1, 0.15) is 6.07 Å². The predicted molar refractivity (Wildman–Crippen MR) is 76.4 cm³/mol. The van der Waals surface area contributed by atoms with Crippen molar-refractivity contribution in [3.8, 4) is 6.07 Å². The highest BCUT2D eigenvalue weighted by molar-refractivity contribution is 6.31. The van der Waals surface area contributed by atoms with Crippen LogP contribution in [-0.2, 0) is 6.54 Å². The van der Waals surface area contributed by atoms with Crippen LogP contribution in [0.15, 0.2) is 24.4 Å². The number of nitrogens with one attached hydrogen (secondary N) is 1. The maximum absolute atomic E-state index is 12.1. The van der Waals surface area contributed by atoms with Crippen molar-refractivity contribution < 1.29 is 4.79 Å². The molecule has 102 valence electrons. The van der Waals surface area contributed by atoms with Gasteiger partial charge in [-0.3, -0.25) is 9.48 Å². The van der Waals surface area contributed by atoms with Gasteiger partial charge in [-0.15, -0.1) is 0 Å². The average Bonchev–Trinajstić information content (AvgIpc) is 2.82. The third-order valence-corrected chi connectivity index (χ3v) is 3.00. The number of aryl methyl sites for hydroxylation is 1. The van der Waals surface area contributed by atoms with Crippen LogP contribution in [0.1, 0.15) is 23.0 Å². The fourth-order valence-electron chi connectivity index (χ4n) is 1.65. The van der Waals surface area contributed by atoms with Gasteiger partial charge in [0.25, 0.3) is 5.91 Å². The van der Waals surface area contributed by atoms with E-state index in [0.717, 1.165) is 0 Å². The SMILES string of the molecule is CCn1cc(N)c(C(=O)Nc2ccc(Cl)c(C#N)c2)n1. The van der Waals surface area contributed by atoms with E-state index >= 15 is 0 Å². The van der Waals surface area contributed by atoms with Crippen molar-refractivity contribution >= 4 is 28.9 Å². The van der Waals surface area contributed by atoms with Crippen LogP contribution in [0.2, 0.25) is 5.02 Å². The zero-order chi connectivity index (χ0) is 14.7. The molecule has 1 heterocycles. The summed E-state index contributed by atoms with van der Waals surface area (Å²) in [6.07, 6.45) is 1.59. The van der Waals surface area contributed by atoms with Crippen molar-refractivity contribution in [1.29, 1.82) is 5.26 Å². The Morgan fingerprint density at radius 3 is 2.95 bits per heavy atom. The summed E-state index contributed by atoms with van der Waals surface area (Å²) in [5.41, 5.74) is 6.94. The molecule has 2 rings (SSSR count). The van der Waals surface area contributed by atoms with Crippen molar-refractivity contribution in [3.05, 3.63) is 40.7 Å². The number of aromatic nitrogens is 2. The minimum atomic E-state index is -0.430. The molecule has 2 aromatic rings. The molecule has 1 aromatic heterocycles. The normalized spacial score (nSPS) is 10.1. The molecule has 0 spiro atoms. The molecular weight excluding hydrogens is 278 g/mol. The van der Waals surface area contributed by atoms with Crippen molar-refractivity contribution in [3.63, 3.8) is 0 Å². The Bertz CT molecular complexity index is 701. The van der Waals surface area contributed by atoms with E-state index in [2.05, 4.69) is 10.4 Å². The molecule has 0 radical (unpaired) electrons. The predicted octanol–water partition coefficient (Wildman–Crippen LogP) is 2.26. The van der Waals surface area contributed by atoms with Crippen LogP contribution in [0, 0.1) is 11.3 Å². The Hall–Kier alpha value is -2.52. The zero-order valence-corrected chi connectivity index (χ0v) is 11.5. The lowest BCUT2D eigenvalue weighted by Crippen LogP contribution is -2.14. The third-order valence-electron chi connectivity index (χ3n) is 2.67. The molecule has 0 saturated heterocycles. The molecule has 7 heteroatoms. The molecule has 0 bridgehead atoms. The Kier molecular flexibility index (Phi) is 3.91. The fourth-order valence-corrected chi connectivity index (χ4v) is 1.81. The van der Waals surface area contributed by atoms with Gasteiger partial charge in [0.05, 0.1) is 16.3 Å². The Morgan fingerprint density at radius 2 is 2.35 bits per heavy atom. The van der Waals surface area contributed by atoms with Crippen LogP contribution in [0.25, 0.3) is 0 Å². The molecule has 6 nitrogen and oxygen atoms in total. The smallest absolute Gasteiger partial charge is 0.278 e. The molecule has 20 heavy (non-hydrogen) atoms. The van der Waals surface area contributed by atoms with E-state index in [9.17, 15) is 4.79 Å². The van der Waals surface area contributed by atoms with Gasteiger partial charge in [-0.1, -0.05) is 11.6 Å². The van der Waals surface area contributed by atoms with Gasteiger partial charge >= 0.3 is 0 Å². The minimum absolute atomic E-state index is 0.153. The lowest BCUT2D eigenvalue weighted by atomic mass is 10.2. The maximum atomic E-state index is 12.1. The number of nitrogens with two attached hydrogens (primary N) is 1. The van der Waals surface area contributed by atoms with E-state index in [1.807, 2.05) is 13.0 Å². The lowest BCUT2D eigenvalue weighted by molar-refractivity contribution is 0.102. The molecule has 0 aliphatic heterocycles. The van der Waals surface area contributed by atoms with Gasteiger partial charge in [0.2, 0.25) is 0 Å². The fraction of sp³-hybridized carbons (Fsp3) is 0.154. The zero-order valence-electron chi connectivity index (χ0n) is 10.7. The highest BCUT2D eigenvalue weighted by Gasteiger charge is 2.15. The third kappa shape index (κ3) is 2.73. The first-order valence-electron chi connectivity index (χ1n) is 5.89. The number of benzene rings is 1. The number of nitrogens with zero attached hydrogens (tertiary/aromatic N) is 3. The Labute approximate surface area is 120 Å². The first-order chi connectivity index (χ1) is 9.55. The molecule has 0 fully saturated rings. The first kappa shape index (κ1) is 13.9. The molecule has 0 unspecified atom stereocenters. The second-order valence-electron chi connectivity index (χ2n) is 4.05. The van der Waals surface area contributed by atoms with Crippen molar-refractivity contribution in [2.75, 3.05) is 11.1 Å². The number of carbonyl (C=O) groups is 1. The van der Waals surface area contributed by atoms with Crippen molar-refractivity contribution in [2.24, 2.45) is 0 Å². The first-order valence-corrected chi connectivity index (χ1v) is 6.27. The minimum Gasteiger partial charge on any atom is -0.396 e. The van der Waals surface area contributed by atoms with Gasteiger partial charge in [-0.05, 0) is 25.1 Å². The van der Waals surface area contributed by atoms with Crippen LogP contribution < -0.4 is 11.1 Å². The largest absolute Gasteiger partial charge is 0.396 e. The number of nitriles is 1. The number of anilines is 2. The van der Waals surface area contributed by atoms with Crippen molar-refractivity contribution in [1.82, 2.24) is 9.78 Å². The number of carbonyl (C=O) groups excluding carboxylic acids is 1. The van der Waals surface area contributed by atoms with Gasteiger partial charge in [-0.25, -0.2) is 0 Å². The number of rotatable bonds is 3. The summed E-state index contributed by atoms with van der Waals surface area (Å²) in [7, 11) is 0. The van der Waals surface area contributed by atoms with Gasteiger partial charge < -0.3 is 11.1 Å². The van der Waals surface area contributed by atoms with Crippen LogP contribution in [0.4, 0.5) is 11.4 Å². The molecule has 3 N–H and O–H groups in total. The summed E-state index contributed by atoms with van der Waals surface area (Å²) in [6.45, 7) is 2.52. The quantitative estimate of drug-likeness (QED) is 0.905. The maximum Gasteiger partial charge on any atom is 0.278 e. The molecule has 1 amide bonds. The second-order valence-corrected chi connectivity index (χ2v) is 4.46. The van der Waals surface area contributed by atoms with Crippen LogP contribution in [-0.4, -0.2) is 15.7 Å². The monoisotopic (exact) mass is 289 g/mol. The van der Waals surface area contributed by atoms with Crippen LogP contribution in [0.3, 0.4) is 0 Å². The number of halogens is 1. The summed E-state index contributed by atoms with van der Waals surface area (Å²) in [4.78, 5) is 12.1. The van der Waals surface area contributed by atoms with Crippen molar-refractivity contribution in [2.45, 2.75) is 13.5 Å². The number of hydrogen-bond acceptors (Lipinski definition) is 4. The molecule has 0 aliphatic rings. The number of hydrogen-bond donors (Lipinski definition) is 2. The molecule has 0 saturated carbocycles. The Balaban J connectivity index is 2.23. The van der Waals surface area contributed by atoms with Gasteiger partial charge in [-0.2, -0.15) is 10.4 Å². The number of nitrogen functional groups attached to an aromatic ring is 1. The highest BCUT2D eigenvalue weighted by atomic mass is 35.5. The summed E-state index contributed by atoms with van der Waals surface area (Å²) < 4.78 is 1.58. The van der Waals surface area contributed by atoms with Gasteiger partial charge in [0, 0.05) is 18.4 Å². The second kappa shape index (κ2) is 5.63. The van der Waals surface area contributed by atoms with E-state index < -0.39 is 5.91 Å². The van der Waals surface area contributed by atoms with E-state index in [1.165, 1.54) is 6.07 Å². The standard InChI is InChI=1S/C13H12ClN5O/c1-2-19-7-11(16)12(18-19)13(20)17-9-3-4-10(14)8(5-9)6-15/h3-5,7H,2,16H2,1H3,(H,17,20). The summed E-state index contributed by atoms with van der Waals surface area (Å²) in [6, 6.07) is 6.59. The Morgan fingerprint density at radius 1 is 1.60 bits per heavy atom. The number of amides is 1.